The second-order valence-corrected chi connectivity index (χ2v) is 4.14. The molecule has 1 nitrogen and oxygen atoms in total. The third kappa shape index (κ3) is 2.85. The molecule has 0 aliphatic heterocycles. The average Bonchev–Trinajstić information content (AvgIpc) is 1.62. The van der Waals surface area contributed by atoms with Gasteiger partial charge < -0.3 is 5.73 Å². The predicted molar refractivity (Wildman–Crippen MR) is 42.3 cm³/mol. The maximum Gasteiger partial charge on any atom is 0.0111 e. The molecule has 0 aromatic heterocycles. The molecule has 0 heterocycles. The van der Waals surface area contributed by atoms with E-state index in [2.05, 4.69) is 34.6 Å². The molecule has 0 aliphatic carbocycles. The number of hydrogen-bond donors (Lipinski definition) is 1. The summed E-state index contributed by atoms with van der Waals surface area (Å²) in [4.78, 5) is 0. The number of hydrogen-bond acceptors (Lipinski definition) is 1. The highest BCUT2D eigenvalue weighted by Gasteiger charge is 2.22. The van der Waals surface area contributed by atoms with Gasteiger partial charge in [0, 0.05) is 6.04 Å². The molecular weight excluding hydrogens is 110 g/mol. The van der Waals surface area contributed by atoms with E-state index < -0.39 is 0 Å². The van der Waals surface area contributed by atoms with E-state index in [0.29, 0.717) is 12.0 Å². The molecule has 0 bridgehead atoms. The van der Waals surface area contributed by atoms with Crippen LogP contribution >= 0.6 is 0 Å². The minimum absolute atomic E-state index is 0.258. The van der Waals surface area contributed by atoms with Crippen LogP contribution in [-0.2, 0) is 0 Å². The number of nitrogens with two attached hydrogens (primary N) is 1. The maximum atomic E-state index is 5.89. The summed E-state index contributed by atoms with van der Waals surface area (Å²) in [5.41, 5.74) is 6.15. The van der Waals surface area contributed by atoms with E-state index in [1.165, 1.54) is 0 Å². The lowest BCUT2D eigenvalue weighted by Crippen LogP contribution is -2.39. The molecule has 56 valence electrons. The molecule has 0 unspecified atom stereocenters. The van der Waals surface area contributed by atoms with Gasteiger partial charge in [0.2, 0.25) is 0 Å². The third-order valence-corrected chi connectivity index (χ3v) is 1.72. The quantitative estimate of drug-likeness (QED) is 0.576. The summed E-state index contributed by atoms with van der Waals surface area (Å²) in [6.07, 6.45) is 0. The van der Waals surface area contributed by atoms with Crippen LogP contribution in [0.15, 0.2) is 0 Å². The first-order valence-electron chi connectivity index (χ1n) is 3.61. The Labute approximate surface area is 58.6 Å². The van der Waals surface area contributed by atoms with Crippen LogP contribution in [0.3, 0.4) is 0 Å². The number of rotatable bonds is 1. The van der Waals surface area contributed by atoms with Gasteiger partial charge in [0.15, 0.2) is 0 Å². The highest BCUT2D eigenvalue weighted by atomic mass is 14.7. The molecule has 2 N–H and O–H groups in total. The van der Waals surface area contributed by atoms with E-state index in [1.807, 2.05) is 0 Å². The summed E-state index contributed by atoms with van der Waals surface area (Å²) in [5, 5.41) is 0. The summed E-state index contributed by atoms with van der Waals surface area (Å²) in [6.45, 7) is 10.9. The molecule has 0 aromatic rings. The zero-order valence-electron chi connectivity index (χ0n) is 7.23. The van der Waals surface area contributed by atoms with Crippen molar-refractivity contribution < 1.29 is 0 Å². The van der Waals surface area contributed by atoms with Crippen LogP contribution in [-0.4, -0.2) is 6.04 Å². The Kier molecular flexibility index (Phi) is 2.68. The van der Waals surface area contributed by atoms with Crippen molar-refractivity contribution in [2.24, 2.45) is 17.1 Å². The van der Waals surface area contributed by atoms with Crippen molar-refractivity contribution in [2.75, 3.05) is 0 Å². The minimum atomic E-state index is 0.258. The summed E-state index contributed by atoms with van der Waals surface area (Å²) in [7, 11) is 0. The van der Waals surface area contributed by atoms with Crippen molar-refractivity contribution in [2.45, 2.75) is 40.7 Å². The molecule has 0 aliphatic rings. The van der Waals surface area contributed by atoms with Crippen molar-refractivity contribution >= 4 is 0 Å². The van der Waals surface area contributed by atoms with Crippen molar-refractivity contribution in [1.82, 2.24) is 0 Å². The zero-order valence-corrected chi connectivity index (χ0v) is 7.23. The van der Waals surface area contributed by atoms with Crippen molar-refractivity contribution in [3.05, 3.63) is 0 Å². The lowest BCUT2D eigenvalue weighted by Gasteiger charge is -2.30. The van der Waals surface area contributed by atoms with Gasteiger partial charge >= 0.3 is 0 Å². The van der Waals surface area contributed by atoms with Gasteiger partial charge in [-0.05, 0) is 11.3 Å². The van der Waals surface area contributed by atoms with Gasteiger partial charge in [0.25, 0.3) is 0 Å². The summed E-state index contributed by atoms with van der Waals surface area (Å²) in [5.74, 6) is 0.588. The fraction of sp³-hybridized carbons (Fsp3) is 1.00. The second kappa shape index (κ2) is 2.70. The third-order valence-electron chi connectivity index (χ3n) is 1.72. The molecule has 1 atom stereocenters. The van der Waals surface area contributed by atoms with Gasteiger partial charge in [-0.25, -0.2) is 0 Å². The highest BCUT2D eigenvalue weighted by Crippen LogP contribution is 2.22. The lowest BCUT2D eigenvalue weighted by molar-refractivity contribution is 0.260. The lowest BCUT2D eigenvalue weighted by atomic mass is 9.81. The van der Waals surface area contributed by atoms with Gasteiger partial charge in [-0.1, -0.05) is 34.6 Å². The van der Waals surface area contributed by atoms with Gasteiger partial charge in [0.1, 0.15) is 0 Å². The molecule has 1 heteroatoms. The van der Waals surface area contributed by atoms with Gasteiger partial charge in [0.05, 0.1) is 0 Å². The summed E-state index contributed by atoms with van der Waals surface area (Å²) >= 11 is 0. The van der Waals surface area contributed by atoms with Crippen molar-refractivity contribution in [1.29, 1.82) is 0 Å². The van der Waals surface area contributed by atoms with Crippen LogP contribution in [0.2, 0.25) is 0 Å². The Morgan fingerprint density at radius 1 is 1.11 bits per heavy atom. The Bertz CT molecular complexity index is 79.1. The fourth-order valence-corrected chi connectivity index (χ4v) is 1.00. The molecule has 9 heavy (non-hydrogen) atoms. The van der Waals surface area contributed by atoms with Gasteiger partial charge in [-0.15, -0.1) is 0 Å². The first kappa shape index (κ1) is 8.96. The van der Waals surface area contributed by atoms with Crippen LogP contribution in [0.25, 0.3) is 0 Å². The van der Waals surface area contributed by atoms with Gasteiger partial charge in [-0.3, -0.25) is 0 Å². The molecule has 0 saturated heterocycles. The fourth-order valence-electron chi connectivity index (χ4n) is 1.00. The Morgan fingerprint density at radius 2 is 1.44 bits per heavy atom. The summed E-state index contributed by atoms with van der Waals surface area (Å²) in [6, 6.07) is 0.317. The molecule has 0 radical (unpaired) electrons. The van der Waals surface area contributed by atoms with E-state index in [4.69, 9.17) is 5.73 Å². The van der Waals surface area contributed by atoms with Crippen molar-refractivity contribution in [3.8, 4) is 0 Å². The molecular formula is C8H19N. The van der Waals surface area contributed by atoms with Crippen LogP contribution < -0.4 is 5.73 Å². The van der Waals surface area contributed by atoms with Crippen LogP contribution in [0, 0.1) is 11.3 Å². The van der Waals surface area contributed by atoms with Crippen molar-refractivity contribution in [3.63, 3.8) is 0 Å². The van der Waals surface area contributed by atoms with E-state index in [9.17, 15) is 0 Å². The van der Waals surface area contributed by atoms with Crippen LogP contribution in [0.4, 0.5) is 0 Å². The molecule has 0 saturated carbocycles. The van der Waals surface area contributed by atoms with E-state index in [-0.39, 0.29) is 5.41 Å². The average molecular weight is 129 g/mol. The maximum absolute atomic E-state index is 5.89. The standard InChI is InChI=1S/C8H19N/c1-6(2)7(9)8(3,4)5/h6-7H,9H2,1-5H3/t7-/m1/s1. The van der Waals surface area contributed by atoms with E-state index in [0.717, 1.165) is 0 Å². The molecule has 0 spiro atoms. The highest BCUT2D eigenvalue weighted by molar-refractivity contribution is 4.78. The zero-order chi connectivity index (χ0) is 7.65. The van der Waals surface area contributed by atoms with Crippen LogP contribution in [0.1, 0.15) is 34.6 Å². The van der Waals surface area contributed by atoms with E-state index in [1.54, 1.807) is 0 Å². The minimum Gasteiger partial charge on any atom is -0.327 e. The topological polar surface area (TPSA) is 26.0 Å². The first-order chi connectivity index (χ1) is 3.85. The molecule has 0 rings (SSSR count). The smallest absolute Gasteiger partial charge is 0.0111 e. The Balaban J connectivity index is 3.88. The molecule has 0 amide bonds. The molecule has 0 fully saturated rings. The van der Waals surface area contributed by atoms with Crippen LogP contribution in [0.5, 0.6) is 0 Å². The monoisotopic (exact) mass is 129 g/mol. The largest absolute Gasteiger partial charge is 0.327 e. The molecule has 0 aromatic carbocycles. The normalized spacial score (nSPS) is 16.3. The van der Waals surface area contributed by atoms with E-state index >= 15 is 0 Å². The second-order valence-electron chi connectivity index (χ2n) is 4.14. The summed E-state index contributed by atoms with van der Waals surface area (Å²) < 4.78 is 0. The first-order valence-corrected chi connectivity index (χ1v) is 3.61. The Hall–Kier alpha value is -0.0400. The van der Waals surface area contributed by atoms with Gasteiger partial charge in [-0.2, -0.15) is 0 Å². The predicted octanol–water partition coefficient (Wildman–Crippen LogP) is 2.02. The SMILES string of the molecule is CC(C)[C@@H](N)C(C)(C)C. The Morgan fingerprint density at radius 3 is 1.44 bits per heavy atom.